The fourth-order valence-corrected chi connectivity index (χ4v) is 2.18. The SMILES string of the molecule is Cc1cc(F)cc(NC(C(=O)O)c2cc(Cl)ccc2F)c1. The maximum atomic E-state index is 13.8. The first-order valence-corrected chi connectivity index (χ1v) is 6.46. The van der Waals surface area contributed by atoms with Crippen LogP contribution in [-0.4, -0.2) is 11.1 Å². The Kier molecular flexibility index (Phi) is 4.43. The van der Waals surface area contributed by atoms with Gasteiger partial charge >= 0.3 is 5.97 Å². The highest BCUT2D eigenvalue weighted by atomic mass is 35.5. The molecule has 0 saturated heterocycles. The van der Waals surface area contributed by atoms with Gasteiger partial charge in [0.25, 0.3) is 0 Å². The number of rotatable bonds is 4. The maximum absolute atomic E-state index is 13.8. The first kappa shape index (κ1) is 15.3. The molecule has 0 fully saturated rings. The van der Waals surface area contributed by atoms with Gasteiger partial charge in [0.05, 0.1) is 0 Å². The Morgan fingerprint density at radius 1 is 1.24 bits per heavy atom. The Labute approximate surface area is 125 Å². The summed E-state index contributed by atoms with van der Waals surface area (Å²) >= 11 is 5.77. The van der Waals surface area contributed by atoms with Gasteiger partial charge in [-0.3, -0.25) is 0 Å². The number of halogens is 3. The minimum Gasteiger partial charge on any atom is -0.479 e. The van der Waals surface area contributed by atoms with Gasteiger partial charge in [0.2, 0.25) is 0 Å². The number of carbonyl (C=O) groups is 1. The number of aliphatic carboxylic acids is 1. The summed E-state index contributed by atoms with van der Waals surface area (Å²) in [6.07, 6.45) is 0. The number of aryl methyl sites for hydroxylation is 1. The van der Waals surface area contributed by atoms with Crippen molar-refractivity contribution in [2.45, 2.75) is 13.0 Å². The van der Waals surface area contributed by atoms with Gasteiger partial charge in [-0.15, -0.1) is 0 Å². The predicted octanol–water partition coefficient (Wildman–Crippen LogP) is 4.16. The van der Waals surface area contributed by atoms with Crippen LogP contribution in [0.4, 0.5) is 14.5 Å². The lowest BCUT2D eigenvalue weighted by atomic mass is 10.1. The van der Waals surface area contributed by atoms with Crippen LogP contribution in [-0.2, 0) is 4.79 Å². The highest BCUT2D eigenvalue weighted by Gasteiger charge is 2.23. The monoisotopic (exact) mass is 311 g/mol. The molecular weight excluding hydrogens is 300 g/mol. The topological polar surface area (TPSA) is 49.3 Å². The molecule has 0 radical (unpaired) electrons. The van der Waals surface area contributed by atoms with Crippen molar-refractivity contribution >= 4 is 23.3 Å². The molecule has 2 rings (SSSR count). The molecule has 6 heteroatoms. The van der Waals surface area contributed by atoms with Crippen LogP contribution in [0, 0.1) is 18.6 Å². The van der Waals surface area contributed by atoms with Crippen LogP contribution in [0.2, 0.25) is 5.02 Å². The second kappa shape index (κ2) is 6.10. The molecule has 0 aromatic heterocycles. The van der Waals surface area contributed by atoms with Gasteiger partial charge in [0, 0.05) is 16.3 Å². The third-order valence-electron chi connectivity index (χ3n) is 2.87. The Morgan fingerprint density at radius 3 is 2.57 bits per heavy atom. The van der Waals surface area contributed by atoms with Crippen molar-refractivity contribution in [3.8, 4) is 0 Å². The van der Waals surface area contributed by atoms with E-state index in [9.17, 15) is 18.7 Å². The van der Waals surface area contributed by atoms with E-state index in [0.29, 0.717) is 5.56 Å². The lowest BCUT2D eigenvalue weighted by Gasteiger charge is -2.17. The van der Waals surface area contributed by atoms with E-state index in [0.717, 1.165) is 12.1 Å². The molecule has 110 valence electrons. The van der Waals surface area contributed by atoms with Crippen molar-refractivity contribution in [2.75, 3.05) is 5.32 Å². The Hall–Kier alpha value is -2.14. The molecule has 0 aliphatic carbocycles. The Morgan fingerprint density at radius 2 is 1.95 bits per heavy atom. The van der Waals surface area contributed by atoms with E-state index in [1.807, 2.05) is 0 Å². The summed E-state index contributed by atoms with van der Waals surface area (Å²) < 4.78 is 27.1. The zero-order valence-electron chi connectivity index (χ0n) is 11.0. The minimum atomic E-state index is -1.37. The molecule has 1 atom stereocenters. The molecule has 0 saturated carbocycles. The number of anilines is 1. The summed E-state index contributed by atoms with van der Waals surface area (Å²) in [5, 5.41) is 12.1. The average Bonchev–Trinajstić information content (AvgIpc) is 2.37. The highest BCUT2D eigenvalue weighted by Crippen LogP contribution is 2.26. The largest absolute Gasteiger partial charge is 0.479 e. The van der Waals surface area contributed by atoms with Crippen molar-refractivity contribution in [3.05, 3.63) is 64.2 Å². The van der Waals surface area contributed by atoms with Crippen LogP contribution >= 0.6 is 11.6 Å². The predicted molar refractivity (Wildman–Crippen MR) is 76.5 cm³/mol. The molecule has 0 spiro atoms. The van der Waals surface area contributed by atoms with E-state index >= 15 is 0 Å². The van der Waals surface area contributed by atoms with Gasteiger partial charge in [-0.25, -0.2) is 13.6 Å². The number of carboxylic acid groups (broad SMARTS) is 1. The molecule has 2 aromatic carbocycles. The van der Waals surface area contributed by atoms with Gasteiger partial charge in [0.15, 0.2) is 6.04 Å². The van der Waals surface area contributed by atoms with Gasteiger partial charge in [-0.05, 0) is 48.9 Å². The third-order valence-corrected chi connectivity index (χ3v) is 3.10. The van der Waals surface area contributed by atoms with Crippen molar-refractivity contribution in [1.82, 2.24) is 0 Å². The summed E-state index contributed by atoms with van der Waals surface area (Å²) in [4.78, 5) is 11.4. The second-order valence-corrected chi connectivity index (χ2v) is 5.04. The molecule has 2 aromatic rings. The summed E-state index contributed by atoms with van der Waals surface area (Å²) in [6.45, 7) is 1.67. The fourth-order valence-electron chi connectivity index (χ4n) is 1.99. The smallest absolute Gasteiger partial charge is 0.330 e. The van der Waals surface area contributed by atoms with Crippen LogP contribution in [0.15, 0.2) is 36.4 Å². The van der Waals surface area contributed by atoms with Crippen molar-refractivity contribution in [2.24, 2.45) is 0 Å². The van der Waals surface area contributed by atoms with E-state index in [4.69, 9.17) is 11.6 Å². The highest BCUT2D eigenvalue weighted by molar-refractivity contribution is 6.30. The van der Waals surface area contributed by atoms with E-state index in [2.05, 4.69) is 5.32 Å². The lowest BCUT2D eigenvalue weighted by molar-refractivity contribution is -0.138. The van der Waals surface area contributed by atoms with E-state index in [-0.39, 0.29) is 16.3 Å². The Balaban J connectivity index is 2.40. The first-order chi connectivity index (χ1) is 9.86. The lowest BCUT2D eigenvalue weighted by Crippen LogP contribution is -2.21. The molecular formula is C15H12ClF2NO2. The molecule has 3 nitrogen and oxygen atoms in total. The number of carboxylic acids is 1. The maximum Gasteiger partial charge on any atom is 0.330 e. The average molecular weight is 312 g/mol. The van der Waals surface area contributed by atoms with Gasteiger partial charge < -0.3 is 10.4 Å². The fraction of sp³-hybridized carbons (Fsp3) is 0.133. The van der Waals surface area contributed by atoms with Gasteiger partial charge in [-0.1, -0.05) is 11.6 Å². The Bertz CT molecular complexity index is 671. The third kappa shape index (κ3) is 3.70. The molecule has 0 amide bonds. The van der Waals surface area contributed by atoms with Crippen LogP contribution in [0.5, 0.6) is 0 Å². The van der Waals surface area contributed by atoms with E-state index in [1.54, 1.807) is 13.0 Å². The van der Waals surface area contributed by atoms with Crippen LogP contribution in [0.3, 0.4) is 0 Å². The summed E-state index contributed by atoms with van der Waals surface area (Å²) in [5.41, 5.74) is 0.754. The molecule has 0 aliphatic rings. The standard InChI is InChI=1S/C15H12ClF2NO2/c1-8-4-10(17)7-11(5-8)19-14(15(20)21)12-6-9(16)2-3-13(12)18/h2-7,14,19H,1H3,(H,20,21). The van der Waals surface area contributed by atoms with E-state index in [1.165, 1.54) is 18.2 Å². The van der Waals surface area contributed by atoms with Crippen LogP contribution in [0.1, 0.15) is 17.2 Å². The second-order valence-electron chi connectivity index (χ2n) is 4.60. The summed E-state index contributed by atoms with van der Waals surface area (Å²) in [5.74, 6) is -2.50. The van der Waals surface area contributed by atoms with Crippen LogP contribution < -0.4 is 5.32 Å². The molecule has 0 aliphatic heterocycles. The number of hydrogen-bond acceptors (Lipinski definition) is 2. The molecule has 1 unspecified atom stereocenters. The normalized spacial score (nSPS) is 12.0. The van der Waals surface area contributed by atoms with Crippen molar-refractivity contribution in [3.63, 3.8) is 0 Å². The van der Waals surface area contributed by atoms with Crippen LogP contribution in [0.25, 0.3) is 0 Å². The first-order valence-electron chi connectivity index (χ1n) is 6.08. The zero-order valence-corrected chi connectivity index (χ0v) is 11.8. The summed E-state index contributed by atoms with van der Waals surface area (Å²) in [6, 6.07) is 6.30. The molecule has 2 N–H and O–H groups in total. The number of benzene rings is 2. The van der Waals surface area contributed by atoms with Crippen molar-refractivity contribution in [1.29, 1.82) is 0 Å². The quantitative estimate of drug-likeness (QED) is 0.891. The molecule has 0 heterocycles. The van der Waals surface area contributed by atoms with Crippen molar-refractivity contribution < 1.29 is 18.7 Å². The summed E-state index contributed by atoms with van der Waals surface area (Å²) in [7, 11) is 0. The van der Waals surface area contributed by atoms with E-state index < -0.39 is 23.6 Å². The number of nitrogens with one attached hydrogen (secondary N) is 1. The minimum absolute atomic E-state index is 0.114. The molecule has 21 heavy (non-hydrogen) atoms. The zero-order chi connectivity index (χ0) is 15.6. The molecule has 0 bridgehead atoms. The van der Waals surface area contributed by atoms with Gasteiger partial charge in [0.1, 0.15) is 11.6 Å². The number of hydrogen-bond donors (Lipinski definition) is 2. The van der Waals surface area contributed by atoms with Gasteiger partial charge in [-0.2, -0.15) is 0 Å².